The second-order valence-electron chi connectivity index (χ2n) is 5.64. The molecule has 0 amide bonds. The van der Waals surface area contributed by atoms with Crippen LogP contribution in [0.2, 0.25) is 0 Å². The van der Waals surface area contributed by atoms with Gasteiger partial charge in [0.25, 0.3) is 0 Å². The van der Waals surface area contributed by atoms with Crippen molar-refractivity contribution in [2.24, 2.45) is 0 Å². The number of hydrogen-bond acceptors (Lipinski definition) is 2. The van der Waals surface area contributed by atoms with Gasteiger partial charge in [-0.3, -0.25) is 0 Å². The summed E-state index contributed by atoms with van der Waals surface area (Å²) in [7, 11) is -3.41. The van der Waals surface area contributed by atoms with E-state index < -0.39 is 10.0 Å². The first-order valence-electron chi connectivity index (χ1n) is 7.32. The van der Waals surface area contributed by atoms with Gasteiger partial charge >= 0.3 is 0 Å². The largest absolute Gasteiger partial charge is 0.218 e. The summed E-state index contributed by atoms with van der Waals surface area (Å²) >= 11 is 0. The molecule has 22 heavy (non-hydrogen) atoms. The van der Waals surface area contributed by atoms with Gasteiger partial charge in [0.2, 0.25) is 10.0 Å². The minimum absolute atomic E-state index is 0.0867. The van der Waals surface area contributed by atoms with Crippen molar-refractivity contribution in [3.8, 4) is 0 Å². The molecule has 0 aliphatic heterocycles. The summed E-state index contributed by atoms with van der Waals surface area (Å²) in [4.78, 5) is 0. The van der Waals surface area contributed by atoms with Gasteiger partial charge in [-0.2, -0.15) is 4.31 Å². The summed E-state index contributed by atoms with van der Waals surface area (Å²) in [5, 5.41) is 0. The molecule has 0 saturated heterocycles. The molecular formula is C17H18FNO2S. The maximum absolute atomic E-state index is 12.9. The fourth-order valence-electron chi connectivity index (χ4n) is 2.45. The van der Waals surface area contributed by atoms with E-state index in [-0.39, 0.29) is 17.6 Å². The van der Waals surface area contributed by atoms with Crippen LogP contribution in [0.15, 0.2) is 54.6 Å². The van der Waals surface area contributed by atoms with Gasteiger partial charge < -0.3 is 0 Å². The highest BCUT2D eigenvalue weighted by Gasteiger charge is 2.37. The summed E-state index contributed by atoms with van der Waals surface area (Å²) in [5.74, 6) is -0.444. The number of hydrogen-bond donors (Lipinski definition) is 0. The van der Waals surface area contributed by atoms with Gasteiger partial charge in [0.1, 0.15) is 5.82 Å². The third-order valence-corrected chi connectivity index (χ3v) is 5.59. The van der Waals surface area contributed by atoms with Gasteiger partial charge in [0, 0.05) is 12.6 Å². The van der Waals surface area contributed by atoms with Crippen LogP contribution < -0.4 is 0 Å². The number of benzene rings is 2. The average molecular weight is 319 g/mol. The maximum Gasteiger partial charge on any atom is 0.218 e. The van der Waals surface area contributed by atoms with Crippen LogP contribution in [0.25, 0.3) is 0 Å². The topological polar surface area (TPSA) is 37.4 Å². The zero-order valence-corrected chi connectivity index (χ0v) is 13.0. The molecule has 2 aromatic carbocycles. The zero-order chi connectivity index (χ0) is 15.6. The highest BCUT2D eigenvalue weighted by atomic mass is 32.2. The summed E-state index contributed by atoms with van der Waals surface area (Å²) in [6, 6.07) is 15.4. The molecule has 0 unspecified atom stereocenters. The normalized spacial score (nSPS) is 15.2. The van der Waals surface area contributed by atoms with Crippen LogP contribution in [0.4, 0.5) is 4.39 Å². The molecule has 1 saturated carbocycles. The van der Waals surface area contributed by atoms with Gasteiger partial charge in [0.15, 0.2) is 0 Å². The smallest absolute Gasteiger partial charge is 0.212 e. The maximum atomic E-state index is 12.9. The summed E-state index contributed by atoms with van der Waals surface area (Å²) in [6.45, 7) is 0.398. The van der Waals surface area contributed by atoms with Gasteiger partial charge in [0.05, 0.1) is 5.75 Å². The van der Waals surface area contributed by atoms with Crippen LogP contribution >= 0.6 is 0 Å². The van der Waals surface area contributed by atoms with Crippen LogP contribution in [0.3, 0.4) is 0 Å². The predicted molar refractivity (Wildman–Crippen MR) is 84.0 cm³/mol. The Labute approximate surface area is 130 Å². The first-order valence-corrected chi connectivity index (χ1v) is 8.93. The number of rotatable bonds is 6. The Bertz CT molecular complexity index is 725. The van der Waals surface area contributed by atoms with Crippen LogP contribution in [0.5, 0.6) is 0 Å². The van der Waals surface area contributed by atoms with Gasteiger partial charge in [-0.25, -0.2) is 12.8 Å². The van der Waals surface area contributed by atoms with E-state index in [1.165, 1.54) is 24.3 Å². The first-order chi connectivity index (χ1) is 10.5. The van der Waals surface area contributed by atoms with E-state index in [1.54, 1.807) is 4.31 Å². The van der Waals surface area contributed by atoms with Gasteiger partial charge in [-0.15, -0.1) is 0 Å². The standard InChI is InChI=1S/C17H18FNO2S/c18-16-8-6-15(7-9-16)13-22(20,21)19(17-10-11-17)12-14-4-2-1-3-5-14/h1-9,17H,10-13H2. The van der Waals surface area contributed by atoms with Crippen molar-refractivity contribution >= 4 is 10.0 Å². The van der Waals surface area contributed by atoms with E-state index in [2.05, 4.69) is 0 Å². The molecule has 1 fully saturated rings. The molecule has 1 aliphatic carbocycles. The van der Waals surface area contributed by atoms with Crippen molar-refractivity contribution in [1.29, 1.82) is 0 Å². The second-order valence-corrected chi connectivity index (χ2v) is 7.57. The predicted octanol–water partition coefficient (Wildman–Crippen LogP) is 3.32. The highest BCUT2D eigenvalue weighted by molar-refractivity contribution is 7.88. The zero-order valence-electron chi connectivity index (χ0n) is 12.2. The summed E-state index contributed by atoms with van der Waals surface area (Å²) in [5.41, 5.74) is 1.59. The lowest BCUT2D eigenvalue weighted by Crippen LogP contribution is -2.33. The quantitative estimate of drug-likeness (QED) is 0.819. The third-order valence-electron chi connectivity index (χ3n) is 3.76. The van der Waals surface area contributed by atoms with Gasteiger partial charge in [-0.05, 0) is 36.1 Å². The Morgan fingerprint density at radius 1 is 0.955 bits per heavy atom. The molecule has 3 nitrogen and oxygen atoms in total. The van der Waals surface area contributed by atoms with E-state index in [0.29, 0.717) is 12.1 Å². The lowest BCUT2D eigenvalue weighted by atomic mass is 10.2. The fourth-order valence-corrected chi connectivity index (χ4v) is 4.24. The molecule has 3 rings (SSSR count). The molecule has 0 bridgehead atoms. The Balaban J connectivity index is 1.79. The molecule has 0 N–H and O–H groups in total. The Hall–Kier alpha value is -1.72. The van der Waals surface area contributed by atoms with Crippen LogP contribution in [0, 0.1) is 5.82 Å². The van der Waals surface area contributed by atoms with Crippen LogP contribution in [0.1, 0.15) is 24.0 Å². The van der Waals surface area contributed by atoms with Crippen molar-refractivity contribution in [2.75, 3.05) is 0 Å². The Morgan fingerprint density at radius 3 is 2.18 bits per heavy atom. The van der Waals surface area contributed by atoms with E-state index in [4.69, 9.17) is 0 Å². The van der Waals surface area contributed by atoms with Crippen molar-refractivity contribution in [3.05, 3.63) is 71.5 Å². The molecule has 1 aliphatic rings. The molecule has 116 valence electrons. The van der Waals surface area contributed by atoms with E-state index in [0.717, 1.165) is 18.4 Å². The lowest BCUT2D eigenvalue weighted by Gasteiger charge is -2.22. The number of nitrogens with zero attached hydrogens (tertiary/aromatic N) is 1. The molecule has 0 heterocycles. The third kappa shape index (κ3) is 3.72. The molecule has 0 spiro atoms. The van der Waals surface area contributed by atoms with E-state index in [1.807, 2.05) is 30.3 Å². The monoisotopic (exact) mass is 319 g/mol. The van der Waals surface area contributed by atoms with E-state index >= 15 is 0 Å². The minimum atomic E-state index is -3.41. The highest BCUT2D eigenvalue weighted by Crippen LogP contribution is 2.32. The second kappa shape index (κ2) is 6.18. The lowest BCUT2D eigenvalue weighted by molar-refractivity contribution is 0.398. The first kappa shape index (κ1) is 15.2. The summed E-state index contributed by atoms with van der Waals surface area (Å²) < 4.78 is 39.9. The van der Waals surface area contributed by atoms with Gasteiger partial charge in [-0.1, -0.05) is 42.5 Å². The number of halogens is 1. The molecule has 2 aromatic rings. The van der Waals surface area contributed by atoms with Crippen molar-refractivity contribution in [2.45, 2.75) is 31.2 Å². The fraction of sp³-hybridized carbons (Fsp3) is 0.294. The molecule has 0 radical (unpaired) electrons. The van der Waals surface area contributed by atoms with Crippen molar-refractivity contribution in [3.63, 3.8) is 0 Å². The minimum Gasteiger partial charge on any atom is -0.212 e. The Kier molecular flexibility index (Phi) is 4.27. The average Bonchev–Trinajstić information content (AvgIpc) is 3.32. The van der Waals surface area contributed by atoms with Crippen LogP contribution in [-0.2, 0) is 22.3 Å². The number of sulfonamides is 1. The van der Waals surface area contributed by atoms with E-state index in [9.17, 15) is 12.8 Å². The van der Waals surface area contributed by atoms with Crippen LogP contribution in [-0.4, -0.2) is 18.8 Å². The van der Waals surface area contributed by atoms with Crippen molar-refractivity contribution < 1.29 is 12.8 Å². The Morgan fingerprint density at radius 2 is 1.59 bits per heavy atom. The summed E-state index contributed by atoms with van der Waals surface area (Å²) in [6.07, 6.45) is 1.82. The molecule has 0 atom stereocenters. The molecule has 0 aromatic heterocycles. The molecular weight excluding hydrogens is 301 g/mol. The molecule has 5 heteroatoms. The SMILES string of the molecule is O=S(=O)(Cc1ccc(F)cc1)N(Cc1ccccc1)C1CC1. The van der Waals surface area contributed by atoms with Crippen molar-refractivity contribution in [1.82, 2.24) is 4.31 Å².